The maximum absolute atomic E-state index is 10.9. The predicted octanol–water partition coefficient (Wildman–Crippen LogP) is 0.955. The molecule has 1 aromatic rings. The molecule has 5 heteroatoms. The lowest BCUT2D eigenvalue weighted by atomic mass is 10.4. The van der Waals surface area contributed by atoms with Crippen LogP contribution in [0.25, 0.3) is 0 Å². The summed E-state index contributed by atoms with van der Waals surface area (Å²) in [6, 6.07) is 1.40. The third-order valence-electron chi connectivity index (χ3n) is 1.49. The summed E-state index contributed by atoms with van der Waals surface area (Å²) in [5.41, 5.74) is -0.783. The molecule has 0 atom stereocenters. The van der Waals surface area contributed by atoms with E-state index in [0.29, 0.717) is 5.03 Å². The summed E-state index contributed by atoms with van der Waals surface area (Å²) in [5.74, 6) is 0.926. The van der Waals surface area contributed by atoms with Gasteiger partial charge in [-0.25, -0.2) is 4.79 Å². The molecule has 0 unspecified atom stereocenters. The van der Waals surface area contributed by atoms with Crippen LogP contribution in [0, 0.1) is 0 Å². The fourth-order valence-corrected chi connectivity index (χ4v) is 1.86. The van der Waals surface area contributed by atoms with E-state index in [1.165, 1.54) is 17.8 Å². The second-order valence-electron chi connectivity index (χ2n) is 2.65. The van der Waals surface area contributed by atoms with Gasteiger partial charge in [-0.15, -0.1) is 11.8 Å². The molecular formula is C8H12N2O2S. The van der Waals surface area contributed by atoms with E-state index < -0.39 is 5.69 Å². The van der Waals surface area contributed by atoms with Gasteiger partial charge in [-0.2, -0.15) is 0 Å². The zero-order valence-electron chi connectivity index (χ0n) is 7.42. The quantitative estimate of drug-likeness (QED) is 0.432. The summed E-state index contributed by atoms with van der Waals surface area (Å²) >= 11 is 1.50. The minimum atomic E-state index is -0.438. The van der Waals surface area contributed by atoms with E-state index in [1.54, 1.807) is 0 Å². The van der Waals surface area contributed by atoms with Gasteiger partial charge in [0.05, 0.1) is 5.03 Å². The summed E-state index contributed by atoms with van der Waals surface area (Å²) < 4.78 is 0. The van der Waals surface area contributed by atoms with Crippen LogP contribution in [0.4, 0.5) is 0 Å². The van der Waals surface area contributed by atoms with Crippen LogP contribution in [0.5, 0.6) is 0 Å². The van der Waals surface area contributed by atoms with Gasteiger partial charge in [0.1, 0.15) is 0 Å². The van der Waals surface area contributed by atoms with E-state index in [9.17, 15) is 9.59 Å². The van der Waals surface area contributed by atoms with Gasteiger partial charge in [0.25, 0.3) is 5.56 Å². The molecule has 1 aromatic heterocycles. The Morgan fingerprint density at radius 2 is 2.15 bits per heavy atom. The average Bonchev–Trinajstić information content (AvgIpc) is 2.03. The van der Waals surface area contributed by atoms with Gasteiger partial charge in [0, 0.05) is 6.07 Å². The van der Waals surface area contributed by atoms with Gasteiger partial charge in [-0.1, -0.05) is 13.3 Å². The highest BCUT2D eigenvalue weighted by molar-refractivity contribution is 7.99. The monoisotopic (exact) mass is 200 g/mol. The molecule has 0 amide bonds. The molecule has 2 N–H and O–H groups in total. The van der Waals surface area contributed by atoms with Crippen LogP contribution in [-0.4, -0.2) is 15.7 Å². The summed E-state index contributed by atoms with van der Waals surface area (Å²) in [6.45, 7) is 2.10. The third-order valence-corrected chi connectivity index (χ3v) is 2.51. The van der Waals surface area contributed by atoms with Crippen LogP contribution in [0.3, 0.4) is 0 Å². The fourth-order valence-electron chi connectivity index (χ4n) is 0.850. The van der Waals surface area contributed by atoms with E-state index in [-0.39, 0.29) is 5.56 Å². The standard InChI is InChI=1S/C8H12N2O2S/c1-2-3-4-13-7-5-6(11)9-8(12)10-7/h5H,2-4H2,1H3,(H2,9,10,11,12). The number of unbranched alkanes of at least 4 members (excludes halogenated alkanes) is 1. The van der Waals surface area contributed by atoms with Crippen molar-refractivity contribution < 1.29 is 0 Å². The van der Waals surface area contributed by atoms with Gasteiger partial charge < -0.3 is 4.98 Å². The molecule has 1 rings (SSSR count). The molecule has 4 nitrogen and oxygen atoms in total. The van der Waals surface area contributed by atoms with Crippen molar-refractivity contribution in [2.75, 3.05) is 5.75 Å². The molecule has 13 heavy (non-hydrogen) atoms. The Labute approximate surface area is 79.8 Å². The summed E-state index contributed by atoms with van der Waals surface area (Å²) in [5, 5.41) is 0.641. The van der Waals surface area contributed by atoms with Crippen molar-refractivity contribution in [3.05, 3.63) is 26.9 Å². The Morgan fingerprint density at radius 3 is 2.77 bits per heavy atom. The second kappa shape index (κ2) is 4.91. The van der Waals surface area contributed by atoms with Crippen molar-refractivity contribution >= 4 is 11.8 Å². The zero-order valence-corrected chi connectivity index (χ0v) is 8.24. The summed E-state index contributed by atoms with van der Waals surface area (Å²) in [7, 11) is 0. The smallest absolute Gasteiger partial charge is 0.302 e. The molecule has 0 aromatic carbocycles. The van der Waals surface area contributed by atoms with Crippen molar-refractivity contribution in [2.45, 2.75) is 24.8 Å². The number of hydrogen-bond donors (Lipinski definition) is 2. The van der Waals surface area contributed by atoms with Crippen molar-refractivity contribution in [2.24, 2.45) is 0 Å². The third kappa shape index (κ3) is 3.50. The molecule has 0 aliphatic heterocycles. The van der Waals surface area contributed by atoms with E-state index in [1.807, 2.05) is 0 Å². The Kier molecular flexibility index (Phi) is 3.82. The van der Waals surface area contributed by atoms with E-state index >= 15 is 0 Å². The highest BCUT2D eigenvalue weighted by Gasteiger charge is 1.96. The van der Waals surface area contributed by atoms with Gasteiger partial charge in [-0.05, 0) is 12.2 Å². The lowest BCUT2D eigenvalue weighted by Crippen LogP contribution is -2.21. The normalized spacial score (nSPS) is 10.2. The maximum atomic E-state index is 10.9. The Hall–Kier alpha value is -0.970. The van der Waals surface area contributed by atoms with Gasteiger partial charge >= 0.3 is 5.69 Å². The molecule has 0 radical (unpaired) electrons. The number of aromatic amines is 2. The lowest BCUT2D eigenvalue weighted by molar-refractivity contribution is 0.890. The van der Waals surface area contributed by atoms with Crippen molar-refractivity contribution in [3.63, 3.8) is 0 Å². The molecule has 1 heterocycles. The number of rotatable bonds is 4. The molecule has 72 valence electrons. The Balaban J connectivity index is 2.67. The molecule has 0 saturated carbocycles. The van der Waals surface area contributed by atoms with Crippen molar-refractivity contribution in [1.82, 2.24) is 9.97 Å². The minimum Gasteiger partial charge on any atom is -0.302 e. The van der Waals surface area contributed by atoms with E-state index in [2.05, 4.69) is 16.9 Å². The molecule has 0 saturated heterocycles. The van der Waals surface area contributed by atoms with Gasteiger partial charge in [0.15, 0.2) is 0 Å². The number of hydrogen-bond acceptors (Lipinski definition) is 3. The Morgan fingerprint density at radius 1 is 1.38 bits per heavy atom. The van der Waals surface area contributed by atoms with E-state index in [0.717, 1.165) is 18.6 Å². The molecular weight excluding hydrogens is 188 g/mol. The van der Waals surface area contributed by atoms with Crippen LogP contribution >= 0.6 is 11.8 Å². The van der Waals surface area contributed by atoms with Crippen LogP contribution in [0.2, 0.25) is 0 Å². The highest BCUT2D eigenvalue weighted by atomic mass is 32.2. The first-order chi connectivity index (χ1) is 6.22. The summed E-state index contributed by atoms with van der Waals surface area (Å²) in [4.78, 5) is 26.4. The van der Waals surface area contributed by atoms with Crippen LogP contribution < -0.4 is 11.2 Å². The van der Waals surface area contributed by atoms with Gasteiger partial charge in [-0.3, -0.25) is 9.78 Å². The number of nitrogens with one attached hydrogen (secondary N) is 2. The number of aromatic nitrogens is 2. The summed E-state index contributed by atoms with van der Waals surface area (Å²) in [6.07, 6.45) is 2.19. The zero-order chi connectivity index (χ0) is 9.68. The van der Waals surface area contributed by atoms with Crippen molar-refractivity contribution in [1.29, 1.82) is 0 Å². The SMILES string of the molecule is CCCCSc1cc(=O)[nH]c(=O)[nH]1. The van der Waals surface area contributed by atoms with Crippen molar-refractivity contribution in [3.8, 4) is 0 Å². The molecule has 0 aliphatic carbocycles. The topological polar surface area (TPSA) is 65.7 Å². The first-order valence-corrected chi connectivity index (χ1v) is 5.17. The van der Waals surface area contributed by atoms with Crippen LogP contribution in [-0.2, 0) is 0 Å². The molecule has 0 fully saturated rings. The van der Waals surface area contributed by atoms with Crippen LogP contribution in [0.1, 0.15) is 19.8 Å². The fraction of sp³-hybridized carbons (Fsp3) is 0.500. The van der Waals surface area contributed by atoms with E-state index in [4.69, 9.17) is 0 Å². The largest absolute Gasteiger partial charge is 0.326 e. The highest BCUT2D eigenvalue weighted by Crippen LogP contribution is 2.12. The van der Waals surface area contributed by atoms with Gasteiger partial charge in [0.2, 0.25) is 0 Å². The lowest BCUT2D eigenvalue weighted by Gasteiger charge is -1.97. The average molecular weight is 200 g/mol. The maximum Gasteiger partial charge on any atom is 0.326 e. The number of H-pyrrole nitrogens is 2. The first-order valence-electron chi connectivity index (χ1n) is 4.19. The number of thioether (sulfide) groups is 1. The molecule has 0 bridgehead atoms. The van der Waals surface area contributed by atoms with Crippen LogP contribution in [0.15, 0.2) is 20.7 Å². The molecule has 0 spiro atoms. The minimum absolute atomic E-state index is 0.345. The first kappa shape index (κ1) is 10.1. The second-order valence-corrected chi connectivity index (χ2v) is 3.79. The predicted molar refractivity (Wildman–Crippen MR) is 53.3 cm³/mol. The molecule has 0 aliphatic rings. The Bertz CT molecular complexity index is 341.